The normalized spacial score (nSPS) is 13.8. The molecule has 0 aliphatic heterocycles. The number of allylic oxidation sites excluding steroid dienone is 2. The molecule has 0 aliphatic rings. The van der Waals surface area contributed by atoms with Crippen molar-refractivity contribution in [3.05, 3.63) is 12.2 Å². The smallest absolute Gasteiger partial charge is 0.472 e. The fraction of sp³-hybridized carbons (Fsp3) is 0.889. The second-order valence-electron chi connectivity index (χ2n) is 15.9. The highest BCUT2D eigenvalue weighted by atomic mass is 31.2. The van der Waals surface area contributed by atoms with Gasteiger partial charge in [-0.2, -0.15) is 0 Å². The van der Waals surface area contributed by atoms with Gasteiger partial charge in [-0.05, 0) is 32.1 Å². The van der Waals surface area contributed by atoms with Crippen molar-refractivity contribution in [3.63, 3.8) is 0 Å². The van der Waals surface area contributed by atoms with Gasteiger partial charge in [-0.15, -0.1) is 0 Å². The summed E-state index contributed by atoms with van der Waals surface area (Å²) in [6.45, 7) is 2.75. The van der Waals surface area contributed by atoms with E-state index in [0.29, 0.717) is 12.8 Å². The van der Waals surface area contributed by atoms with Crippen LogP contribution in [-0.4, -0.2) is 59.9 Å². The molecule has 0 spiro atoms. The number of unbranched alkanes of at least 4 members (excludes halogenated alkanes) is 28. The van der Waals surface area contributed by atoms with Crippen molar-refractivity contribution in [2.45, 2.75) is 238 Å². The van der Waals surface area contributed by atoms with Gasteiger partial charge in [0.2, 0.25) is 0 Å². The number of ether oxygens (including phenoxy) is 2. The first kappa shape index (κ1) is 55.2. The Kier molecular flexibility index (Phi) is 39.7. The third kappa shape index (κ3) is 40.8. The molecule has 0 aromatic carbocycles. The van der Waals surface area contributed by atoms with Crippen molar-refractivity contribution in [2.75, 3.05) is 19.8 Å². The molecule has 0 aromatic heterocycles. The van der Waals surface area contributed by atoms with Crippen molar-refractivity contribution in [3.8, 4) is 0 Å². The maximum Gasteiger partial charge on any atom is 0.472 e. The Morgan fingerprint density at radius 2 is 0.912 bits per heavy atom. The van der Waals surface area contributed by atoms with E-state index >= 15 is 0 Å². The molecule has 0 amide bonds. The molecule has 0 saturated carbocycles. The van der Waals surface area contributed by atoms with Crippen LogP contribution in [0.25, 0.3) is 0 Å². The molecule has 3 atom stereocenters. The van der Waals surface area contributed by atoms with Gasteiger partial charge in [0.1, 0.15) is 12.6 Å². The Bertz CT molecular complexity index is 1030. The minimum Gasteiger partial charge on any atom is -0.480 e. The van der Waals surface area contributed by atoms with E-state index in [1.807, 2.05) is 0 Å². The zero-order valence-corrected chi connectivity index (χ0v) is 37.3. The van der Waals surface area contributed by atoms with Crippen LogP contribution in [0, 0.1) is 0 Å². The molecule has 11 nitrogen and oxygen atoms in total. The first-order valence-corrected chi connectivity index (χ1v) is 24.7. The highest BCUT2D eigenvalue weighted by Crippen LogP contribution is 2.43. The molecule has 0 aromatic rings. The highest BCUT2D eigenvalue weighted by Gasteiger charge is 2.28. The van der Waals surface area contributed by atoms with Crippen molar-refractivity contribution in [1.82, 2.24) is 0 Å². The standard InChI is InChI=1S/C45H86NO10P/c1-3-5-7-9-11-13-15-16-17-18-19-20-21-22-23-24-25-26-27-29-30-32-34-36-43(47)53-38-41(39-54-57(51,52)55-40-42(46)45(49)50)56-44(48)37-35-33-31-28-14-12-10-8-6-4-2/h8,10,41-42H,3-7,9,11-40,46H2,1-2H3,(H,49,50)(H,51,52)/b10-8-. The van der Waals surface area contributed by atoms with E-state index in [4.69, 9.17) is 24.8 Å². The third-order valence-corrected chi connectivity index (χ3v) is 11.2. The minimum atomic E-state index is -4.71. The number of carboxylic acid groups (broad SMARTS) is 1. The largest absolute Gasteiger partial charge is 0.480 e. The SMILES string of the molecule is CCC/C=C\CCCCCCCC(=O)OC(COC(=O)CCCCCCCCCCCCCCCCCCCCCCCCC)COP(=O)(O)OCC(N)C(=O)O. The number of aliphatic carboxylic acids is 1. The van der Waals surface area contributed by atoms with Gasteiger partial charge >= 0.3 is 25.7 Å². The Morgan fingerprint density at radius 3 is 1.35 bits per heavy atom. The average molecular weight is 832 g/mol. The van der Waals surface area contributed by atoms with Crippen LogP contribution in [0.3, 0.4) is 0 Å². The monoisotopic (exact) mass is 832 g/mol. The lowest BCUT2D eigenvalue weighted by Crippen LogP contribution is -2.34. The van der Waals surface area contributed by atoms with Crippen LogP contribution < -0.4 is 5.73 Å². The van der Waals surface area contributed by atoms with Crippen LogP contribution in [0.4, 0.5) is 0 Å². The number of esters is 2. The zero-order chi connectivity index (χ0) is 42.1. The van der Waals surface area contributed by atoms with Gasteiger partial charge < -0.3 is 25.2 Å². The molecule has 0 heterocycles. The molecule has 3 unspecified atom stereocenters. The lowest BCUT2D eigenvalue weighted by molar-refractivity contribution is -0.161. The number of carboxylic acids is 1. The third-order valence-electron chi connectivity index (χ3n) is 10.2. The van der Waals surface area contributed by atoms with Crippen LogP contribution in [-0.2, 0) is 37.5 Å². The summed E-state index contributed by atoms with van der Waals surface area (Å²) in [6, 6.07) is -1.52. The van der Waals surface area contributed by atoms with E-state index in [0.717, 1.165) is 64.2 Å². The summed E-state index contributed by atoms with van der Waals surface area (Å²) in [5.74, 6) is -2.38. The van der Waals surface area contributed by atoms with E-state index < -0.39 is 51.1 Å². The van der Waals surface area contributed by atoms with Crippen LogP contribution >= 0.6 is 7.82 Å². The molecule has 336 valence electrons. The van der Waals surface area contributed by atoms with Crippen molar-refractivity contribution >= 4 is 25.7 Å². The number of carbonyl (C=O) groups excluding carboxylic acids is 2. The van der Waals surface area contributed by atoms with Gasteiger partial charge in [0.25, 0.3) is 0 Å². The van der Waals surface area contributed by atoms with Crippen molar-refractivity contribution in [1.29, 1.82) is 0 Å². The van der Waals surface area contributed by atoms with Crippen LogP contribution in [0.1, 0.15) is 226 Å². The maximum atomic E-state index is 12.6. The molecular formula is C45H86NO10P. The first-order valence-electron chi connectivity index (χ1n) is 23.2. The summed E-state index contributed by atoms with van der Waals surface area (Å²) < 4.78 is 32.7. The molecule has 0 radical (unpaired) electrons. The number of hydrogen-bond donors (Lipinski definition) is 3. The van der Waals surface area contributed by atoms with Crippen molar-refractivity contribution in [2.24, 2.45) is 5.73 Å². The molecule has 57 heavy (non-hydrogen) atoms. The molecule has 0 fully saturated rings. The Morgan fingerprint density at radius 1 is 0.526 bits per heavy atom. The van der Waals surface area contributed by atoms with E-state index in [9.17, 15) is 23.8 Å². The lowest BCUT2D eigenvalue weighted by atomic mass is 10.0. The fourth-order valence-electron chi connectivity index (χ4n) is 6.60. The minimum absolute atomic E-state index is 0.154. The maximum absolute atomic E-state index is 12.6. The molecule has 0 aliphatic carbocycles. The highest BCUT2D eigenvalue weighted by molar-refractivity contribution is 7.47. The number of hydrogen-bond acceptors (Lipinski definition) is 9. The van der Waals surface area contributed by atoms with Gasteiger partial charge in [-0.1, -0.05) is 193 Å². The number of phosphoric acid groups is 1. The summed E-state index contributed by atoms with van der Waals surface area (Å²) in [4.78, 5) is 45.9. The van der Waals surface area contributed by atoms with Crippen molar-refractivity contribution < 1.29 is 47.5 Å². The molecule has 0 bridgehead atoms. The predicted octanol–water partition coefficient (Wildman–Crippen LogP) is 12.5. The summed E-state index contributed by atoms with van der Waals surface area (Å²) in [7, 11) is -4.71. The number of phosphoric ester groups is 1. The molecule has 0 rings (SSSR count). The number of carbonyl (C=O) groups is 3. The van der Waals surface area contributed by atoms with E-state index in [-0.39, 0.29) is 19.4 Å². The average Bonchev–Trinajstić information content (AvgIpc) is 3.19. The first-order chi connectivity index (χ1) is 27.6. The summed E-state index contributed by atoms with van der Waals surface area (Å²) in [5, 5.41) is 8.88. The van der Waals surface area contributed by atoms with Gasteiger partial charge in [-0.25, -0.2) is 4.57 Å². The Balaban J connectivity index is 4.12. The predicted molar refractivity (Wildman–Crippen MR) is 231 cm³/mol. The molecule has 0 saturated heterocycles. The quantitative estimate of drug-likeness (QED) is 0.0231. The van der Waals surface area contributed by atoms with Gasteiger partial charge in [0.15, 0.2) is 6.10 Å². The van der Waals surface area contributed by atoms with Gasteiger partial charge in [0.05, 0.1) is 13.2 Å². The summed E-state index contributed by atoms with van der Waals surface area (Å²) in [6.07, 6.45) is 41.6. The van der Waals surface area contributed by atoms with E-state index in [1.165, 1.54) is 122 Å². The molecular weight excluding hydrogens is 745 g/mol. The van der Waals surface area contributed by atoms with Crippen LogP contribution in [0.2, 0.25) is 0 Å². The van der Waals surface area contributed by atoms with E-state index in [2.05, 4.69) is 30.5 Å². The zero-order valence-electron chi connectivity index (χ0n) is 36.5. The van der Waals surface area contributed by atoms with Gasteiger partial charge in [-0.3, -0.25) is 23.4 Å². The number of rotatable bonds is 44. The Hall–Kier alpha value is -1.78. The summed E-state index contributed by atoms with van der Waals surface area (Å²) >= 11 is 0. The van der Waals surface area contributed by atoms with Crippen LogP contribution in [0.15, 0.2) is 12.2 Å². The second-order valence-corrected chi connectivity index (χ2v) is 17.3. The lowest BCUT2D eigenvalue weighted by Gasteiger charge is -2.20. The van der Waals surface area contributed by atoms with E-state index in [1.54, 1.807) is 0 Å². The second kappa shape index (κ2) is 41.0. The fourth-order valence-corrected chi connectivity index (χ4v) is 7.38. The molecule has 12 heteroatoms. The van der Waals surface area contributed by atoms with Crippen LogP contribution in [0.5, 0.6) is 0 Å². The summed E-state index contributed by atoms with van der Waals surface area (Å²) in [5.41, 5.74) is 5.33. The van der Waals surface area contributed by atoms with Gasteiger partial charge in [0, 0.05) is 12.8 Å². The Labute approximate surface area is 348 Å². The molecule has 4 N–H and O–H groups in total. The number of nitrogens with two attached hydrogens (primary N) is 1. The topological polar surface area (TPSA) is 172 Å².